The van der Waals surface area contributed by atoms with Crippen molar-refractivity contribution in [1.82, 2.24) is 9.97 Å². The van der Waals surface area contributed by atoms with Crippen molar-refractivity contribution in [2.45, 2.75) is 26.3 Å². The van der Waals surface area contributed by atoms with Crippen LogP contribution in [0.25, 0.3) is 0 Å². The first-order valence-electron chi connectivity index (χ1n) is 7.19. The zero-order valence-corrected chi connectivity index (χ0v) is 11.8. The van der Waals surface area contributed by atoms with E-state index in [1.807, 2.05) is 12.3 Å². The Kier molecular flexibility index (Phi) is 3.81. The van der Waals surface area contributed by atoms with Crippen molar-refractivity contribution in [3.63, 3.8) is 0 Å². The average molecular weight is 268 g/mol. The average Bonchev–Trinajstić information content (AvgIpc) is 3.01. The molecule has 0 radical (unpaired) electrons. The number of hydrogen-bond donors (Lipinski definition) is 1. The fourth-order valence-corrected chi connectivity index (χ4v) is 2.51. The number of rotatable bonds is 4. The molecule has 1 aromatic carbocycles. The van der Waals surface area contributed by atoms with E-state index in [4.69, 9.17) is 0 Å². The molecule has 4 heteroatoms. The summed E-state index contributed by atoms with van der Waals surface area (Å²) in [5.41, 5.74) is 2.60. The molecule has 1 aliphatic heterocycles. The quantitative estimate of drug-likeness (QED) is 0.925. The van der Waals surface area contributed by atoms with Gasteiger partial charge in [-0.05, 0) is 37.0 Å². The van der Waals surface area contributed by atoms with E-state index >= 15 is 0 Å². The van der Waals surface area contributed by atoms with Gasteiger partial charge in [-0.1, -0.05) is 24.3 Å². The molecule has 0 amide bonds. The minimum atomic E-state index is 0.795. The Bertz CT molecular complexity index is 576. The van der Waals surface area contributed by atoms with Crippen LogP contribution in [0.5, 0.6) is 0 Å². The van der Waals surface area contributed by atoms with E-state index < -0.39 is 0 Å². The van der Waals surface area contributed by atoms with E-state index in [0.717, 1.165) is 31.4 Å². The number of aromatic nitrogens is 2. The van der Waals surface area contributed by atoms with Gasteiger partial charge in [0, 0.05) is 25.8 Å². The molecule has 0 unspecified atom stereocenters. The molecule has 2 heterocycles. The third-order valence-corrected chi connectivity index (χ3v) is 3.75. The lowest BCUT2D eigenvalue weighted by atomic mass is 10.1. The van der Waals surface area contributed by atoms with Crippen LogP contribution in [-0.4, -0.2) is 23.1 Å². The summed E-state index contributed by atoms with van der Waals surface area (Å²) in [4.78, 5) is 11.2. The predicted octanol–water partition coefficient (Wildman–Crippen LogP) is 3.00. The molecule has 1 aliphatic rings. The molecule has 1 fully saturated rings. The molecule has 1 aromatic heterocycles. The fraction of sp³-hybridized carbons (Fsp3) is 0.375. The molecular weight excluding hydrogens is 248 g/mol. The Balaban J connectivity index is 1.68. The van der Waals surface area contributed by atoms with E-state index in [1.54, 1.807) is 0 Å². The Morgan fingerprint density at radius 3 is 2.75 bits per heavy atom. The summed E-state index contributed by atoms with van der Waals surface area (Å²) in [6, 6.07) is 10.3. The molecule has 1 saturated heterocycles. The van der Waals surface area contributed by atoms with Crippen molar-refractivity contribution < 1.29 is 0 Å². The maximum absolute atomic E-state index is 4.60. The summed E-state index contributed by atoms with van der Waals surface area (Å²) in [6.07, 6.45) is 4.31. The van der Waals surface area contributed by atoms with Gasteiger partial charge in [-0.3, -0.25) is 0 Å². The Labute approximate surface area is 119 Å². The fourth-order valence-electron chi connectivity index (χ4n) is 2.51. The monoisotopic (exact) mass is 268 g/mol. The normalized spacial score (nSPS) is 14.6. The highest BCUT2D eigenvalue weighted by Gasteiger charge is 2.14. The zero-order chi connectivity index (χ0) is 13.8. The maximum Gasteiger partial charge on any atom is 0.227 e. The van der Waals surface area contributed by atoms with E-state index in [0.29, 0.717) is 0 Å². The number of nitrogens with zero attached hydrogens (tertiary/aromatic N) is 3. The van der Waals surface area contributed by atoms with Crippen LogP contribution in [0.2, 0.25) is 0 Å². The zero-order valence-electron chi connectivity index (χ0n) is 11.8. The Morgan fingerprint density at radius 2 is 1.95 bits per heavy atom. The van der Waals surface area contributed by atoms with Crippen LogP contribution in [0.15, 0.2) is 36.5 Å². The van der Waals surface area contributed by atoms with Gasteiger partial charge < -0.3 is 10.2 Å². The molecule has 3 rings (SSSR count). The van der Waals surface area contributed by atoms with Crippen molar-refractivity contribution in [2.75, 3.05) is 23.3 Å². The number of benzene rings is 1. The number of hydrogen-bond acceptors (Lipinski definition) is 4. The largest absolute Gasteiger partial charge is 0.366 e. The highest BCUT2D eigenvalue weighted by atomic mass is 15.3. The summed E-state index contributed by atoms with van der Waals surface area (Å²) in [6.45, 7) is 5.07. The first kappa shape index (κ1) is 12.9. The van der Waals surface area contributed by atoms with E-state index in [9.17, 15) is 0 Å². The number of aryl methyl sites for hydroxylation is 1. The summed E-state index contributed by atoms with van der Waals surface area (Å²) in [5, 5.41) is 3.39. The van der Waals surface area contributed by atoms with Crippen LogP contribution in [0, 0.1) is 6.92 Å². The van der Waals surface area contributed by atoms with Crippen LogP contribution in [0.1, 0.15) is 24.0 Å². The van der Waals surface area contributed by atoms with Crippen molar-refractivity contribution in [3.8, 4) is 0 Å². The third kappa shape index (κ3) is 2.90. The van der Waals surface area contributed by atoms with Crippen LogP contribution in [-0.2, 0) is 6.54 Å². The van der Waals surface area contributed by atoms with Gasteiger partial charge in [-0.2, -0.15) is 4.98 Å². The second kappa shape index (κ2) is 5.90. The third-order valence-electron chi connectivity index (χ3n) is 3.75. The molecule has 1 N–H and O–H groups in total. The SMILES string of the molecule is Cc1ccccc1CNc1ccnc(N2CCCC2)n1. The summed E-state index contributed by atoms with van der Waals surface area (Å²) < 4.78 is 0. The molecule has 4 nitrogen and oxygen atoms in total. The molecule has 0 saturated carbocycles. The smallest absolute Gasteiger partial charge is 0.227 e. The molecule has 0 atom stereocenters. The van der Waals surface area contributed by atoms with Crippen LogP contribution in [0.4, 0.5) is 11.8 Å². The highest BCUT2D eigenvalue weighted by molar-refractivity contribution is 5.42. The standard InChI is InChI=1S/C16H20N4/c1-13-6-2-3-7-14(13)12-18-15-8-9-17-16(19-15)20-10-4-5-11-20/h2-3,6-9H,4-5,10-12H2,1H3,(H,17,18,19). The predicted molar refractivity (Wildman–Crippen MR) is 82.0 cm³/mol. The van der Waals surface area contributed by atoms with Crippen LogP contribution < -0.4 is 10.2 Å². The highest BCUT2D eigenvalue weighted by Crippen LogP contribution is 2.17. The second-order valence-corrected chi connectivity index (χ2v) is 5.22. The van der Waals surface area contributed by atoms with Gasteiger partial charge >= 0.3 is 0 Å². The maximum atomic E-state index is 4.60. The lowest BCUT2D eigenvalue weighted by Gasteiger charge is -2.16. The lowest BCUT2D eigenvalue weighted by Crippen LogP contribution is -2.20. The van der Waals surface area contributed by atoms with Gasteiger partial charge in [-0.15, -0.1) is 0 Å². The van der Waals surface area contributed by atoms with Gasteiger partial charge in [0.2, 0.25) is 5.95 Å². The van der Waals surface area contributed by atoms with Crippen molar-refractivity contribution in [1.29, 1.82) is 0 Å². The first-order valence-corrected chi connectivity index (χ1v) is 7.19. The van der Waals surface area contributed by atoms with Gasteiger partial charge in [0.1, 0.15) is 5.82 Å². The number of anilines is 2. The first-order chi connectivity index (χ1) is 9.83. The van der Waals surface area contributed by atoms with E-state index in [2.05, 4.69) is 51.4 Å². The van der Waals surface area contributed by atoms with Crippen molar-refractivity contribution in [2.24, 2.45) is 0 Å². The van der Waals surface area contributed by atoms with Crippen molar-refractivity contribution >= 4 is 11.8 Å². The minimum absolute atomic E-state index is 0.795. The lowest BCUT2D eigenvalue weighted by molar-refractivity contribution is 0.896. The molecule has 104 valence electrons. The number of nitrogens with one attached hydrogen (secondary N) is 1. The van der Waals surface area contributed by atoms with Gasteiger partial charge in [0.15, 0.2) is 0 Å². The van der Waals surface area contributed by atoms with Crippen LogP contribution in [0.3, 0.4) is 0 Å². The van der Waals surface area contributed by atoms with E-state index in [1.165, 1.54) is 24.0 Å². The summed E-state index contributed by atoms with van der Waals surface area (Å²) in [5.74, 6) is 1.74. The molecule has 0 spiro atoms. The molecular formula is C16H20N4. The molecule has 0 aliphatic carbocycles. The minimum Gasteiger partial charge on any atom is -0.366 e. The molecule has 0 bridgehead atoms. The van der Waals surface area contributed by atoms with Gasteiger partial charge in [0.05, 0.1) is 0 Å². The molecule has 20 heavy (non-hydrogen) atoms. The second-order valence-electron chi connectivity index (χ2n) is 5.22. The summed E-state index contributed by atoms with van der Waals surface area (Å²) >= 11 is 0. The van der Waals surface area contributed by atoms with Gasteiger partial charge in [0.25, 0.3) is 0 Å². The molecule has 2 aromatic rings. The summed E-state index contributed by atoms with van der Waals surface area (Å²) in [7, 11) is 0. The Morgan fingerprint density at radius 1 is 1.15 bits per heavy atom. The van der Waals surface area contributed by atoms with Crippen molar-refractivity contribution in [3.05, 3.63) is 47.7 Å². The Hall–Kier alpha value is -2.10. The topological polar surface area (TPSA) is 41.1 Å². The van der Waals surface area contributed by atoms with Gasteiger partial charge in [-0.25, -0.2) is 4.98 Å². The van der Waals surface area contributed by atoms with E-state index in [-0.39, 0.29) is 0 Å². The van der Waals surface area contributed by atoms with Crippen LogP contribution >= 0.6 is 0 Å².